The summed E-state index contributed by atoms with van der Waals surface area (Å²) < 4.78 is 46.0. The molecule has 3 rings (SSSR count). The third-order valence-electron chi connectivity index (χ3n) is 4.61. The van der Waals surface area contributed by atoms with Crippen LogP contribution in [0.25, 0.3) is 11.1 Å². The Bertz CT molecular complexity index is 1150. The predicted octanol–water partition coefficient (Wildman–Crippen LogP) is 1.68. The molecule has 1 aromatic heterocycles. The van der Waals surface area contributed by atoms with Gasteiger partial charge < -0.3 is 9.47 Å². The van der Waals surface area contributed by atoms with E-state index in [4.69, 9.17) is 14.6 Å². The van der Waals surface area contributed by atoms with E-state index < -0.39 is 33.3 Å². The van der Waals surface area contributed by atoms with Gasteiger partial charge in [0.15, 0.2) is 0 Å². The zero-order valence-corrected chi connectivity index (χ0v) is 16.8. The van der Waals surface area contributed by atoms with Crippen LogP contribution in [0.15, 0.2) is 59.6 Å². The van der Waals surface area contributed by atoms with Crippen LogP contribution in [0.2, 0.25) is 0 Å². The zero-order valence-electron chi connectivity index (χ0n) is 16.0. The van der Waals surface area contributed by atoms with Crippen molar-refractivity contribution in [3.05, 3.63) is 71.8 Å². The van der Waals surface area contributed by atoms with Crippen molar-refractivity contribution >= 4 is 33.1 Å². The molecule has 1 aliphatic carbocycles. The highest BCUT2D eigenvalue weighted by molar-refractivity contribution is 7.89. The Morgan fingerprint density at radius 1 is 0.933 bits per heavy atom. The molecule has 0 bridgehead atoms. The van der Waals surface area contributed by atoms with E-state index in [-0.39, 0.29) is 4.90 Å². The maximum absolute atomic E-state index is 13.3. The Morgan fingerprint density at radius 3 is 1.87 bits per heavy atom. The Morgan fingerprint density at radius 2 is 1.43 bits per heavy atom. The van der Waals surface area contributed by atoms with Crippen LogP contribution in [-0.2, 0) is 29.1 Å². The number of allylic oxidation sites excluding steroid dienone is 2. The Kier molecular flexibility index (Phi) is 5.55. The molecule has 0 saturated heterocycles. The fraction of sp³-hybridized carbons (Fsp3) is 0.150. The summed E-state index contributed by atoms with van der Waals surface area (Å²) in [6, 6.07) is 8.10. The number of primary sulfonamides is 1. The van der Waals surface area contributed by atoms with E-state index in [1.165, 1.54) is 48.7 Å². The molecule has 1 aliphatic rings. The van der Waals surface area contributed by atoms with Crippen LogP contribution in [0.3, 0.4) is 0 Å². The lowest BCUT2D eigenvalue weighted by atomic mass is 9.89. The summed E-state index contributed by atoms with van der Waals surface area (Å²) in [7, 11) is -1.64. The molecule has 0 saturated carbocycles. The maximum atomic E-state index is 13.3. The monoisotopic (exact) mass is 432 g/mol. The van der Waals surface area contributed by atoms with Gasteiger partial charge in [-0.05, 0) is 53.1 Å². The van der Waals surface area contributed by atoms with Crippen LogP contribution in [0.4, 0.5) is 4.39 Å². The molecular weight excluding hydrogens is 415 g/mol. The van der Waals surface area contributed by atoms with E-state index in [0.717, 1.165) is 20.3 Å². The van der Waals surface area contributed by atoms with E-state index in [2.05, 4.69) is 4.98 Å². The summed E-state index contributed by atoms with van der Waals surface area (Å²) in [6.07, 6.45) is 3.95. The molecule has 30 heavy (non-hydrogen) atoms. The molecular formula is C20H17FN2O6S. The van der Waals surface area contributed by atoms with Gasteiger partial charge in [-0.1, -0.05) is 12.1 Å². The van der Waals surface area contributed by atoms with E-state index in [1.807, 2.05) is 0 Å². The number of methoxy groups -OCH3 is 2. The molecule has 0 fully saturated rings. The van der Waals surface area contributed by atoms with Crippen molar-refractivity contribution in [2.24, 2.45) is 10.6 Å². The SMILES string of the molecule is COC(=O)C1(C(=O)OC)C=C(c2ccc(S(N)(=O)=O)cc2)C(c2ccc(F)nc2)=C1. The number of benzene rings is 1. The van der Waals surface area contributed by atoms with Crippen LogP contribution in [-0.4, -0.2) is 39.6 Å². The van der Waals surface area contributed by atoms with E-state index in [9.17, 15) is 22.4 Å². The molecule has 0 unspecified atom stereocenters. The van der Waals surface area contributed by atoms with E-state index in [1.54, 1.807) is 0 Å². The number of carbonyl (C=O) groups is 2. The first kappa shape index (κ1) is 21.3. The molecule has 2 aromatic rings. The molecule has 0 radical (unpaired) electrons. The largest absolute Gasteiger partial charge is 0.468 e. The second kappa shape index (κ2) is 7.81. The fourth-order valence-corrected chi connectivity index (χ4v) is 3.66. The highest BCUT2D eigenvalue weighted by Gasteiger charge is 2.49. The molecule has 1 heterocycles. The van der Waals surface area contributed by atoms with Gasteiger partial charge >= 0.3 is 11.9 Å². The van der Waals surface area contributed by atoms with E-state index >= 15 is 0 Å². The van der Waals surface area contributed by atoms with Crippen LogP contribution in [0, 0.1) is 11.4 Å². The standard InChI is InChI=1S/C20H17FN2O6S/c1-28-18(24)20(19(25)29-2)9-15(12-3-6-14(7-4-12)30(22,26)27)16(10-20)13-5-8-17(21)23-11-13/h3-11H,1-2H3,(H2,22,26,27). The van der Waals surface area contributed by atoms with Crippen molar-refractivity contribution in [1.82, 2.24) is 4.98 Å². The first-order chi connectivity index (χ1) is 14.1. The normalized spacial score (nSPS) is 15.2. The minimum absolute atomic E-state index is 0.106. The summed E-state index contributed by atoms with van der Waals surface area (Å²) >= 11 is 0. The van der Waals surface area contributed by atoms with Gasteiger partial charge in [0.2, 0.25) is 21.4 Å². The Labute approximate surface area is 171 Å². The maximum Gasteiger partial charge on any atom is 0.331 e. The molecule has 0 atom stereocenters. The highest BCUT2D eigenvalue weighted by atomic mass is 32.2. The number of hydrogen-bond donors (Lipinski definition) is 1. The first-order valence-electron chi connectivity index (χ1n) is 8.50. The highest BCUT2D eigenvalue weighted by Crippen LogP contribution is 2.45. The van der Waals surface area contributed by atoms with Crippen molar-refractivity contribution in [2.45, 2.75) is 4.90 Å². The minimum atomic E-state index is -3.91. The number of aromatic nitrogens is 1. The molecule has 156 valence electrons. The second-order valence-electron chi connectivity index (χ2n) is 6.41. The molecule has 8 nitrogen and oxygen atoms in total. The van der Waals surface area contributed by atoms with Crippen LogP contribution in [0.5, 0.6) is 0 Å². The topological polar surface area (TPSA) is 126 Å². The van der Waals surface area contributed by atoms with Crippen molar-refractivity contribution in [3.63, 3.8) is 0 Å². The van der Waals surface area contributed by atoms with Crippen LogP contribution >= 0.6 is 0 Å². The van der Waals surface area contributed by atoms with Gasteiger partial charge in [0.05, 0.1) is 19.1 Å². The van der Waals surface area contributed by atoms with Gasteiger partial charge in [0, 0.05) is 11.8 Å². The molecule has 0 amide bonds. The number of nitrogens with zero attached hydrogens (tertiary/aromatic N) is 1. The smallest absolute Gasteiger partial charge is 0.331 e. The average molecular weight is 432 g/mol. The summed E-state index contributed by atoms with van der Waals surface area (Å²) in [5.41, 5.74) is -0.177. The summed E-state index contributed by atoms with van der Waals surface area (Å²) in [4.78, 5) is 28.6. The van der Waals surface area contributed by atoms with Gasteiger partial charge in [0.1, 0.15) is 0 Å². The molecule has 0 aliphatic heterocycles. The average Bonchev–Trinajstić information content (AvgIpc) is 3.14. The first-order valence-corrected chi connectivity index (χ1v) is 10.0. The summed E-state index contributed by atoms with van der Waals surface area (Å²) in [6.45, 7) is 0. The number of ether oxygens (including phenoxy) is 2. The summed E-state index contributed by atoms with van der Waals surface area (Å²) in [5, 5.41) is 5.13. The molecule has 0 spiro atoms. The number of halogens is 1. The Hall–Kier alpha value is -3.37. The number of sulfonamides is 1. The van der Waals surface area contributed by atoms with E-state index in [0.29, 0.717) is 22.3 Å². The van der Waals surface area contributed by atoms with Gasteiger partial charge in [-0.3, -0.25) is 9.59 Å². The van der Waals surface area contributed by atoms with Gasteiger partial charge in [0.25, 0.3) is 0 Å². The lowest BCUT2D eigenvalue weighted by Gasteiger charge is -2.18. The number of esters is 2. The minimum Gasteiger partial charge on any atom is -0.468 e. The van der Waals surface area contributed by atoms with Crippen molar-refractivity contribution in [2.75, 3.05) is 14.2 Å². The van der Waals surface area contributed by atoms with Gasteiger partial charge in [-0.15, -0.1) is 0 Å². The van der Waals surface area contributed by atoms with Crippen LogP contribution < -0.4 is 5.14 Å². The number of pyridine rings is 1. The second-order valence-corrected chi connectivity index (χ2v) is 7.97. The number of nitrogens with two attached hydrogens (primary N) is 1. The number of hydrogen-bond acceptors (Lipinski definition) is 7. The zero-order chi connectivity index (χ0) is 22.1. The quantitative estimate of drug-likeness (QED) is 0.433. The number of rotatable bonds is 5. The molecule has 10 heteroatoms. The lowest BCUT2D eigenvalue weighted by Crippen LogP contribution is -2.36. The Balaban J connectivity index is 2.23. The fourth-order valence-electron chi connectivity index (χ4n) is 3.15. The molecule has 1 aromatic carbocycles. The molecule has 2 N–H and O–H groups in total. The van der Waals surface area contributed by atoms with Crippen LogP contribution in [0.1, 0.15) is 11.1 Å². The lowest BCUT2D eigenvalue weighted by molar-refractivity contribution is -0.161. The van der Waals surface area contributed by atoms with Crippen molar-refractivity contribution in [3.8, 4) is 0 Å². The van der Waals surface area contributed by atoms with Gasteiger partial charge in [-0.2, -0.15) is 4.39 Å². The van der Waals surface area contributed by atoms with Crippen molar-refractivity contribution in [1.29, 1.82) is 0 Å². The number of carbonyl (C=O) groups excluding carboxylic acids is 2. The third-order valence-corrected chi connectivity index (χ3v) is 5.54. The summed E-state index contributed by atoms with van der Waals surface area (Å²) in [5.74, 6) is -2.45. The predicted molar refractivity (Wildman–Crippen MR) is 104 cm³/mol. The third kappa shape index (κ3) is 3.74. The van der Waals surface area contributed by atoms with Gasteiger partial charge in [-0.25, -0.2) is 18.5 Å². The van der Waals surface area contributed by atoms with Crippen molar-refractivity contribution < 1.29 is 31.9 Å².